The van der Waals surface area contributed by atoms with Gasteiger partial charge in [-0.15, -0.1) is 0 Å². The normalized spacial score (nSPS) is 20.0. The molecule has 2 amide bonds. The summed E-state index contributed by atoms with van der Waals surface area (Å²) in [6, 6.07) is 2.85. The summed E-state index contributed by atoms with van der Waals surface area (Å²) < 4.78 is 31.7. The Kier molecular flexibility index (Phi) is 11.7. The number of likely N-dealkylation sites (tertiary alicyclic amines) is 2. The summed E-state index contributed by atoms with van der Waals surface area (Å²) in [7, 11) is 4.97. The zero-order chi connectivity index (χ0) is 36.0. The molecule has 4 N–H and O–H groups in total. The number of nitro benzene ring substituents is 1. The largest absolute Gasteiger partial charge is 0.493 e. The van der Waals surface area contributed by atoms with Crippen molar-refractivity contribution in [3.8, 4) is 23.0 Å². The summed E-state index contributed by atoms with van der Waals surface area (Å²) in [6.07, 6.45) is -1.71. The molecule has 2 aliphatic heterocycles. The lowest BCUT2D eigenvalue weighted by atomic mass is 10.1. The van der Waals surface area contributed by atoms with Crippen LogP contribution in [0.3, 0.4) is 0 Å². The lowest BCUT2D eigenvalue weighted by Crippen LogP contribution is -2.41. The second-order valence-electron chi connectivity index (χ2n) is 11.2. The first-order chi connectivity index (χ1) is 23.3. The van der Waals surface area contributed by atoms with Gasteiger partial charge in [-0.25, -0.2) is 9.59 Å². The molecule has 18 nitrogen and oxygen atoms in total. The van der Waals surface area contributed by atoms with Gasteiger partial charge in [0.1, 0.15) is 17.6 Å². The Morgan fingerprint density at radius 2 is 1.22 bits per heavy atom. The van der Waals surface area contributed by atoms with Crippen molar-refractivity contribution in [1.29, 1.82) is 0 Å². The second-order valence-corrected chi connectivity index (χ2v) is 11.2. The van der Waals surface area contributed by atoms with E-state index < -0.39 is 58.7 Å². The predicted molar refractivity (Wildman–Crippen MR) is 168 cm³/mol. The van der Waals surface area contributed by atoms with E-state index in [1.165, 1.54) is 38.4 Å². The third kappa shape index (κ3) is 7.86. The van der Waals surface area contributed by atoms with Crippen LogP contribution < -0.4 is 24.7 Å². The maximum absolute atomic E-state index is 13.4. The van der Waals surface area contributed by atoms with E-state index in [0.29, 0.717) is 0 Å². The number of nitro groups is 1. The Morgan fingerprint density at radius 3 is 1.67 bits per heavy atom. The minimum atomic E-state index is -1.11. The molecule has 0 saturated carbocycles. The molecule has 2 aromatic rings. The average Bonchev–Trinajstić information content (AvgIpc) is 3.68. The van der Waals surface area contributed by atoms with Gasteiger partial charge in [0.05, 0.1) is 70.4 Å². The Hall–Kier alpha value is -5.36. The fourth-order valence-electron chi connectivity index (χ4n) is 5.71. The van der Waals surface area contributed by atoms with Crippen LogP contribution in [-0.4, -0.2) is 128 Å². The van der Waals surface area contributed by atoms with Crippen LogP contribution in [-0.2, 0) is 19.1 Å². The van der Waals surface area contributed by atoms with E-state index in [-0.39, 0.29) is 85.4 Å². The number of aliphatic hydroxyl groups is 2. The molecule has 2 heterocycles. The van der Waals surface area contributed by atoms with E-state index >= 15 is 0 Å². The van der Waals surface area contributed by atoms with Gasteiger partial charge in [0.2, 0.25) is 0 Å². The summed E-state index contributed by atoms with van der Waals surface area (Å²) >= 11 is 0. The molecular formula is C31H38N4O14. The number of hydrogen-bond donors (Lipinski definition) is 3. The number of nitrogen functional groups attached to an aromatic ring is 1. The van der Waals surface area contributed by atoms with Crippen molar-refractivity contribution in [1.82, 2.24) is 9.80 Å². The summed E-state index contributed by atoms with van der Waals surface area (Å²) in [6.45, 7) is -0.253. The average molecular weight is 691 g/mol. The van der Waals surface area contributed by atoms with Gasteiger partial charge in [-0.1, -0.05) is 0 Å². The first-order valence-electron chi connectivity index (χ1n) is 15.1. The topological polar surface area (TPSA) is 240 Å². The molecule has 1 unspecified atom stereocenters. The second kappa shape index (κ2) is 15.7. The van der Waals surface area contributed by atoms with Gasteiger partial charge in [0.15, 0.2) is 23.0 Å². The molecule has 2 aliphatic rings. The van der Waals surface area contributed by atoms with Crippen molar-refractivity contribution in [3.63, 3.8) is 0 Å². The van der Waals surface area contributed by atoms with Crippen LogP contribution in [0, 0.1) is 10.1 Å². The number of methoxy groups -OCH3 is 4. The van der Waals surface area contributed by atoms with Gasteiger partial charge in [-0.2, -0.15) is 0 Å². The molecule has 0 aliphatic carbocycles. The minimum absolute atomic E-state index is 0.00981. The van der Waals surface area contributed by atoms with E-state index in [9.17, 15) is 39.5 Å². The number of ether oxygens (including phenoxy) is 6. The van der Waals surface area contributed by atoms with Crippen LogP contribution in [0.15, 0.2) is 24.3 Å². The minimum Gasteiger partial charge on any atom is -0.493 e. The molecule has 4 rings (SSSR count). The highest BCUT2D eigenvalue weighted by atomic mass is 16.6. The summed E-state index contributed by atoms with van der Waals surface area (Å²) in [5, 5.41) is 32.1. The molecule has 0 spiro atoms. The molecule has 2 fully saturated rings. The molecule has 0 radical (unpaired) electrons. The van der Waals surface area contributed by atoms with Crippen molar-refractivity contribution in [3.05, 3.63) is 45.5 Å². The first kappa shape index (κ1) is 36.5. The Morgan fingerprint density at radius 1 is 0.776 bits per heavy atom. The van der Waals surface area contributed by atoms with E-state index in [1.807, 2.05) is 0 Å². The number of amides is 2. The lowest BCUT2D eigenvalue weighted by Gasteiger charge is -2.23. The highest BCUT2D eigenvalue weighted by Gasteiger charge is 2.43. The van der Waals surface area contributed by atoms with E-state index in [1.54, 1.807) is 0 Å². The van der Waals surface area contributed by atoms with Crippen molar-refractivity contribution >= 4 is 35.1 Å². The highest BCUT2D eigenvalue weighted by molar-refractivity contribution is 6.02. The standard InChI is InChI=1S/C31H38N4O14/c1-44-24-10-18(28(38)33-14-16(36)8-22(33)30(40)46-3)20(32)12-26(24)48-6-5-7-49-27-13-21(35(42)43)19(11-25(27)45-2)29(39)34-15-17(37)9-23(34)31(41)47-4/h10-13,16-17,22-23,36-37H,5-9,14-15,32H2,1-4H3/t16-,17-,22?,23+/m1/s1. The van der Waals surface area contributed by atoms with Crippen LogP contribution >= 0.6 is 0 Å². The van der Waals surface area contributed by atoms with E-state index in [2.05, 4.69) is 0 Å². The van der Waals surface area contributed by atoms with Gasteiger partial charge < -0.3 is 54.2 Å². The highest BCUT2D eigenvalue weighted by Crippen LogP contribution is 2.37. The van der Waals surface area contributed by atoms with Gasteiger partial charge in [-0.3, -0.25) is 19.7 Å². The molecule has 0 bridgehead atoms. The SMILES string of the molecule is COC(=O)C1C[C@@H](O)CN1C(=O)c1cc(OC)c(OCCCOc2cc([N+](=O)[O-])c(C(=O)N3C[C@H](O)C[C@H]3C(=O)OC)cc2OC)cc1N. The number of carbonyl (C=O) groups excluding carboxylic acids is 4. The number of carbonyl (C=O) groups is 4. The van der Waals surface area contributed by atoms with E-state index in [0.717, 1.165) is 24.1 Å². The molecule has 4 atom stereocenters. The van der Waals surface area contributed by atoms with Gasteiger partial charge in [0.25, 0.3) is 17.5 Å². The predicted octanol–water partition coefficient (Wildman–Crippen LogP) is 0.539. The number of aliphatic hydroxyl groups excluding tert-OH is 2. The summed E-state index contributed by atoms with van der Waals surface area (Å²) in [5.74, 6) is -2.52. The Bertz CT molecular complexity index is 1600. The van der Waals surface area contributed by atoms with Crippen molar-refractivity contribution in [2.75, 3.05) is 60.5 Å². The van der Waals surface area contributed by atoms with Crippen LogP contribution in [0.25, 0.3) is 0 Å². The third-order valence-corrected chi connectivity index (χ3v) is 8.11. The number of nitrogens with two attached hydrogens (primary N) is 1. The molecule has 18 heteroatoms. The summed E-state index contributed by atoms with van der Waals surface area (Å²) in [5.41, 5.74) is 5.28. The summed E-state index contributed by atoms with van der Waals surface area (Å²) in [4.78, 5) is 64.4. The monoisotopic (exact) mass is 690 g/mol. The number of benzene rings is 2. The van der Waals surface area contributed by atoms with Gasteiger partial charge in [0, 0.05) is 50.2 Å². The fourth-order valence-corrected chi connectivity index (χ4v) is 5.71. The van der Waals surface area contributed by atoms with Gasteiger partial charge >= 0.3 is 11.9 Å². The number of hydrogen-bond acceptors (Lipinski definition) is 15. The zero-order valence-electron chi connectivity index (χ0n) is 27.3. The number of esters is 2. The molecule has 49 heavy (non-hydrogen) atoms. The zero-order valence-corrected chi connectivity index (χ0v) is 27.3. The van der Waals surface area contributed by atoms with Crippen molar-refractivity contribution < 1.29 is 62.7 Å². The quantitative estimate of drug-likeness (QED) is 0.0854. The lowest BCUT2D eigenvalue weighted by molar-refractivity contribution is -0.385. The van der Waals surface area contributed by atoms with Crippen LogP contribution in [0.1, 0.15) is 40.0 Å². The molecule has 0 aromatic heterocycles. The molecule has 266 valence electrons. The maximum Gasteiger partial charge on any atom is 0.328 e. The smallest absolute Gasteiger partial charge is 0.328 e. The number of nitrogens with zero attached hydrogens (tertiary/aromatic N) is 3. The van der Waals surface area contributed by atoms with Crippen molar-refractivity contribution in [2.24, 2.45) is 0 Å². The van der Waals surface area contributed by atoms with Crippen LogP contribution in [0.5, 0.6) is 23.0 Å². The van der Waals surface area contributed by atoms with E-state index in [4.69, 9.17) is 34.2 Å². The molecule has 2 saturated heterocycles. The Labute approximate surface area is 280 Å². The maximum atomic E-state index is 13.4. The fraction of sp³-hybridized carbons (Fsp3) is 0.484. The van der Waals surface area contributed by atoms with Crippen LogP contribution in [0.4, 0.5) is 11.4 Å². The Balaban J connectivity index is 1.43. The third-order valence-electron chi connectivity index (χ3n) is 8.11. The van der Waals surface area contributed by atoms with Gasteiger partial charge in [-0.05, 0) is 6.07 Å². The van der Waals surface area contributed by atoms with Crippen LogP contribution in [0.2, 0.25) is 0 Å². The molecular weight excluding hydrogens is 652 g/mol. The number of anilines is 1. The first-order valence-corrected chi connectivity index (χ1v) is 15.1. The number of rotatable bonds is 13. The van der Waals surface area contributed by atoms with Crippen molar-refractivity contribution in [2.45, 2.75) is 43.6 Å². The number of β-amino-alcohol motifs (C(OH)–C–C–N with tert-alkyl or cyclic N) is 2. The molecule has 2 aromatic carbocycles.